The van der Waals surface area contributed by atoms with Gasteiger partial charge in [-0.05, 0) is 48.9 Å². The molecule has 2 aliphatic rings. The first-order chi connectivity index (χ1) is 13.6. The first kappa shape index (κ1) is 19.4. The fourth-order valence-electron chi connectivity index (χ4n) is 3.76. The zero-order chi connectivity index (χ0) is 19.5. The SMILES string of the molecule is O=C(O)CCCN1CCN(C2=Cc3ccccc3Sc3ccc(Cl)cc32)CC1. The van der Waals surface area contributed by atoms with Gasteiger partial charge >= 0.3 is 5.97 Å². The van der Waals surface area contributed by atoms with Crippen molar-refractivity contribution in [2.24, 2.45) is 0 Å². The van der Waals surface area contributed by atoms with Gasteiger partial charge in [0.25, 0.3) is 0 Å². The fraction of sp³-hybridized carbons (Fsp3) is 0.318. The molecule has 0 unspecified atom stereocenters. The number of benzene rings is 2. The van der Waals surface area contributed by atoms with Crippen molar-refractivity contribution >= 4 is 41.1 Å². The molecule has 4 nitrogen and oxygen atoms in total. The van der Waals surface area contributed by atoms with E-state index in [1.54, 1.807) is 11.8 Å². The number of aliphatic carboxylic acids is 1. The van der Waals surface area contributed by atoms with Crippen LogP contribution in [0, 0.1) is 0 Å². The number of carbonyl (C=O) groups is 1. The number of nitrogens with zero attached hydrogens (tertiary/aromatic N) is 2. The molecule has 4 rings (SSSR count). The summed E-state index contributed by atoms with van der Waals surface area (Å²) in [6.07, 6.45) is 3.23. The zero-order valence-corrected chi connectivity index (χ0v) is 17.2. The van der Waals surface area contributed by atoms with Crippen LogP contribution in [0.3, 0.4) is 0 Å². The molecule has 1 saturated heterocycles. The van der Waals surface area contributed by atoms with Crippen molar-refractivity contribution < 1.29 is 9.90 Å². The van der Waals surface area contributed by atoms with Crippen LogP contribution >= 0.6 is 23.4 Å². The quantitative estimate of drug-likeness (QED) is 0.762. The maximum atomic E-state index is 10.7. The minimum absolute atomic E-state index is 0.241. The molecule has 0 spiro atoms. The summed E-state index contributed by atoms with van der Waals surface area (Å²) in [4.78, 5) is 18.0. The summed E-state index contributed by atoms with van der Waals surface area (Å²) in [7, 11) is 0. The molecule has 28 heavy (non-hydrogen) atoms. The molecule has 0 aliphatic carbocycles. The topological polar surface area (TPSA) is 43.8 Å². The Hall–Kier alpha value is -1.95. The van der Waals surface area contributed by atoms with Gasteiger partial charge in [0, 0.05) is 58.7 Å². The van der Waals surface area contributed by atoms with Crippen molar-refractivity contribution in [3.05, 3.63) is 58.6 Å². The van der Waals surface area contributed by atoms with Gasteiger partial charge in [-0.3, -0.25) is 9.69 Å². The third-order valence-electron chi connectivity index (χ3n) is 5.23. The van der Waals surface area contributed by atoms with Crippen molar-refractivity contribution in [3.63, 3.8) is 0 Å². The van der Waals surface area contributed by atoms with Crippen LogP contribution in [0.1, 0.15) is 24.0 Å². The van der Waals surface area contributed by atoms with Crippen LogP contribution in [0.25, 0.3) is 11.8 Å². The van der Waals surface area contributed by atoms with Gasteiger partial charge in [0.05, 0.1) is 0 Å². The molecule has 1 fully saturated rings. The van der Waals surface area contributed by atoms with Crippen molar-refractivity contribution in [3.8, 4) is 0 Å². The lowest BCUT2D eigenvalue weighted by atomic mass is 10.1. The lowest BCUT2D eigenvalue weighted by Crippen LogP contribution is -2.45. The molecular weight excluding hydrogens is 392 g/mol. The molecule has 2 aliphatic heterocycles. The Morgan fingerprint density at radius 2 is 1.86 bits per heavy atom. The molecule has 6 heteroatoms. The van der Waals surface area contributed by atoms with Crippen molar-refractivity contribution in [2.75, 3.05) is 32.7 Å². The Labute approximate surface area is 174 Å². The lowest BCUT2D eigenvalue weighted by molar-refractivity contribution is -0.137. The Balaban J connectivity index is 1.56. The van der Waals surface area contributed by atoms with Crippen molar-refractivity contribution in [1.82, 2.24) is 9.80 Å². The molecular formula is C22H23ClN2O2S. The highest BCUT2D eigenvalue weighted by Gasteiger charge is 2.24. The fourth-order valence-corrected chi connectivity index (χ4v) is 4.97. The van der Waals surface area contributed by atoms with E-state index in [0.29, 0.717) is 6.42 Å². The summed E-state index contributed by atoms with van der Waals surface area (Å²) in [5.41, 5.74) is 3.65. The summed E-state index contributed by atoms with van der Waals surface area (Å²) < 4.78 is 0. The van der Waals surface area contributed by atoms with Gasteiger partial charge in [-0.25, -0.2) is 0 Å². The number of piperazine rings is 1. The molecule has 2 aromatic carbocycles. The van der Waals surface area contributed by atoms with Gasteiger partial charge < -0.3 is 10.0 Å². The van der Waals surface area contributed by atoms with Crippen LogP contribution in [0.15, 0.2) is 52.3 Å². The van der Waals surface area contributed by atoms with E-state index in [9.17, 15) is 4.79 Å². The largest absolute Gasteiger partial charge is 0.481 e. The van der Waals surface area contributed by atoms with Gasteiger partial charge in [-0.1, -0.05) is 41.6 Å². The van der Waals surface area contributed by atoms with Crippen molar-refractivity contribution in [2.45, 2.75) is 22.6 Å². The van der Waals surface area contributed by atoms with E-state index >= 15 is 0 Å². The Kier molecular flexibility index (Phi) is 5.95. The average molecular weight is 415 g/mol. The normalized spacial score (nSPS) is 16.8. The summed E-state index contributed by atoms with van der Waals surface area (Å²) in [6, 6.07) is 14.6. The standard InChI is InChI=1S/C22H23ClN2O2S/c23-17-7-8-21-18(15-17)19(14-16-4-1-2-5-20(16)28-21)25-12-10-24(11-13-25)9-3-6-22(26)27/h1-2,4-5,7-8,14-15H,3,6,9-13H2,(H,26,27). The number of carboxylic acids is 1. The number of halogens is 1. The minimum atomic E-state index is -0.716. The molecule has 2 heterocycles. The Morgan fingerprint density at radius 3 is 2.64 bits per heavy atom. The van der Waals surface area contributed by atoms with Crippen LogP contribution < -0.4 is 0 Å². The molecule has 0 saturated carbocycles. The molecule has 0 atom stereocenters. The number of rotatable bonds is 5. The zero-order valence-electron chi connectivity index (χ0n) is 15.6. The van der Waals surface area contributed by atoms with Gasteiger partial charge in [-0.15, -0.1) is 0 Å². The third-order valence-corrected chi connectivity index (χ3v) is 6.63. The van der Waals surface area contributed by atoms with Gasteiger partial charge in [0.2, 0.25) is 0 Å². The van der Waals surface area contributed by atoms with Crippen LogP contribution in [0.2, 0.25) is 5.02 Å². The number of fused-ring (bicyclic) bond motifs is 2. The van der Waals surface area contributed by atoms with Gasteiger partial charge in [0.15, 0.2) is 0 Å². The smallest absolute Gasteiger partial charge is 0.303 e. The third kappa shape index (κ3) is 4.37. The van der Waals surface area contributed by atoms with E-state index in [0.717, 1.165) is 37.7 Å². The average Bonchev–Trinajstić information content (AvgIpc) is 2.85. The minimum Gasteiger partial charge on any atom is -0.481 e. The van der Waals surface area contributed by atoms with E-state index in [-0.39, 0.29) is 6.42 Å². The maximum absolute atomic E-state index is 10.7. The predicted octanol–water partition coefficient (Wildman–Crippen LogP) is 4.79. The van der Waals surface area contributed by atoms with Crippen LogP contribution in [-0.4, -0.2) is 53.6 Å². The Bertz CT molecular complexity index is 907. The molecule has 0 bridgehead atoms. The van der Waals surface area contributed by atoms with Crippen LogP contribution in [0.5, 0.6) is 0 Å². The number of hydrogen-bond acceptors (Lipinski definition) is 4. The van der Waals surface area contributed by atoms with Crippen LogP contribution in [0.4, 0.5) is 0 Å². The predicted molar refractivity (Wildman–Crippen MR) is 115 cm³/mol. The monoisotopic (exact) mass is 414 g/mol. The first-order valence-electron chi connectivity index (χ1n) is 9.58. The highest BCUT2D eigenvalue weighted by Crippen LogP contribution is 2.42. The molecule has 0 amide bonds. The second-order valence-corrected chi connectivity index (χ2v) is 8.66. The summed E-state index contributed by atoms with van der Waals surface area (Å²) >= 11 is 8.13. The summed E-state index contributed by atoms with van der Waals surface area (Å²) in [5.74, 6) is -0.716. The van der Waals surface area contributed by atoms with E-state index in [1.165, 1.54) is 26.6 Å². The van der Waals surface area contributed by atoms with E-state index < -0.39 is 5.97 Å². The summed E-state index contributed by atoms with van der Waals surface area (Å²) in [5, 5.41) is 9.58. The second kappa shape index (κ2) is 8.60. The molecule has 0 radical (unpaired) electrons. The number of carboxylic acid groups (broad SMARTS) is 1. The molecule has 0 aromatic heterocycles. The van der Waals surface area contributed by atoms with Gasteiger partial charge in [-0.2, -0.15) is 0 Å². The van der Waals surface area contributed by atoms with E-state index in [2.05, 4.69) is 52.3 Å². The lowest BCUT2D eigenvalue weighted by Gasteiger charge is -2.37. The highest BCUT2D eigenvalue weighted by atomic mass is 35.5. The van der Waals surface area contributed by atoms with Crippen LogP contribution in [-0.2, 0) is 4.79 Å². The van der Waals surface area contributed by atoms with E-state index in [1.807, 2.05) is 6.07 Å². The van der Waals surface area contributed by atoms with Gasteiger partial charge in [0.1, 0.15) is 0 Å². The molecule has 2 aromatic rings. The Morgan fingerprint density at radius 1 is 1.07 bits per heavy atom. The maximum Gasteiger partial charge on any atom is 0.303 e. The van der Waals surface area contributed by atoms with Crippen molar-refractivity contribution in [1.29, 1.82) is 0 Å². The number of hydrogen-bond donors (Lipinski definition) is 1. The highest BCUT2D eigenvalue weighted by molar-refractivity contribution is 7.99. The first-order valence-corrected chi connectivity index (χ1v) is 10.8. The molecule has 146 valence electrons. The second-order valence-electron chi connectivity index (χ2n) is 7.14. The van der Waals surface area contributed by atoms with E-state index in [4.69, 9.17) is 16.7 Å². The summed E-state index contributed by atoms with van der Waals surface area (Å²) in [6.45, 7) is 4.60. The molecule has 1 N–H and O–H groups in total.